The summed E-state index contributed by atoms with van der Waals surface area (Å²) in [6.07, 6.45) is -8.34. The molecule has 3 aliphatic heterocycles. The summed E-state index contributed by atoms with van der Waals surface area (Å²) < 4.78 is 102. The van der Waals surface area contributed by atoms with Gasteiger partial charge in [-0.1, -0.05) is 40.5 Å². The molecular weight excluding hydrogens is 588 g/mol. The Balaban J connectivity index is 1.52. The van der Waals surface area contributed by atoms with E-state index in [0.29, 0.717) is 5.56 Å². The van der Waals surface area contributed by atoms with E-state index >= 15 is 0 Å². The molecule has 3 heterocycles. The monoisotopic (exact) mass is 602 g/mol. The van der Waals surface area contributed by atoms with Gasteiger partial charge in [-0.15, -0.1) is 0 Å². The summed E-state index contributed by atoms with van der Waals surface area (Å²) in [5.74, 6) is -5.42. The molecule has 5 rings (SSSR count). The second-order valence-electron chi connectivity index (χ2n) is 8.91. The summed E-state index contributed by atoms with van der Waals surface area (Å²) in [5.41, 5.74) is -6.30. The van der Waals surface area contributed by atoms with Crippen LogP contribution in [0.25, 0.3) is 0 Å². The van der Waals surface area contributed by atoms with Gasteiger partial charge in [0, 0.05) is 29.2 Å². The summed E-state index contributed by atoms with van der Waals surface area (Å²) in [4.78, 5) is 17.8. The van der Waals surface area contributed by atoms with Crippen molar-refractivity contribution in [2.75, 3.05) is 18.8 Å². The van der Waals surface area contributed by atoms with E-state index in [0.717, 1.165) is 12.1 Å². The van der Waals surface area contributed by atoms with Crippen LogP contribution in [0.1, 0.15) is 34.5 Å². The van der Waals surface area contributed by atoms with Crippen LogP contribution in [-0.2, 0) is 20.0 Å². The van der Waals surface area contributed by atoms with Crippen molar-refractivity contribution in [3.05, 3.63) is 68.4 Å². The molecule has 0 amide bonds. The Hall–Kier alpha value is -2.06. The summed E-state index contributed by atoms with van der Waals surface area (Å²) in [6, 6.07) is 6.00. The number of alkyl halides is 6. The third kappa shape index (κ3) is 4.87. The van der Waals surface area contributed by atoms with Crippen molar-refractivity contribution in [1.82, 2.24) is 5.32 Å². The third-order valence-electron chi connectivity index (χ3n) is 6.50. The first-order valence-corrected chi connectivity index (χ1v) is 12.7. The minimum Gasteiger partial charge on any atom is -0.386 e. The number of nitrogens with one attached hydrogen (secondary N) is 1. The first kappa shape index (κ1) is 27.5. The highest BCUT2D eigenvalue weighted by atomic mass is 35.5. The number of ether oxygens (including phenoxy) is 1. The molecule has 15 heteroatoms. The van der Waals surface area contributed by atoms with Gasteiger partial charge in [0.1, 0.15) is 29.2 Å². The van der Waals surface area contributed by atoms with Gasteiger partial charge in [0.2, 0.25) is 0 Å². The quantitative estimate of drug-likeness (QED) is 0.314. The molecule has 2 aromatic rings. The number of hydrogen-bond donors (Lipinski definition) is 1. The molecule has 1 spiro atoms. The topological polar surface area (TPSA) is 59.9 Å². The van der Waals surface area contributed by atoms with E-state index in [1.165, 1.54) is 18.2 Å². The molecule has 0 saturated carbocycles. The number of Topliss-reactive ketones (excluding diaryl/α,β-unsaturated/α-hetero) is 1. The standard InChI is InChI=1S/C23H15Cl2F7N2O3S/c24-10-4-12(17(26)14(25)5-10)20-16(22(27,28)29)18(34-37-20)9-1-2-13-11(3-9)19(36-21(13)7-33-8-21)15(35)6-38-23(30,31)32/h1-5,16,19-20,33H,6-8H2. The zero-order valence-electron chi connectivity index (χ0n) is 18.7. The lowest BCUT2D eigenvalue weighted by molar-refractivity contribution is -0.178. The molecule has 3 unspecified atom stereocenters. The minimum atomic E-state index is -4.96. The summed E-state index contributed by atoms with van der Waals surface area (Å²) in [6.45, 7) is 0.531. The van der Waals surface area contributed by atoms with Gasteiger partial charge in [-0.05, 0) is 41.1 Å². The average molecular weight is 603 g/mol. The lowest BCUT2D eigenvalue weighted by atomic mass is 9.83. The predicted octanol–water partition coefficient (Wildman–Crippen LogP) is 6.48. The molecule has 1 fully saturated rings. The summed E-state index contributed by atoms with van der Waals surface area (Å²) >= 11 is 11.1. The fourth-order valence-electron chi connectivity index (χ4n) is 4.75. The molecule has 0 bridgehead atoms. The fourth-order valence-corrected chi connectivity index (χ4v) is 5.72. The lowest BCUT2D eigenvalue weighted by Gasteiger charge is -2.39. The second-order valence-corrected chi connectivity index (χ2v) is 10.8. The molecule has 0 aliphatic carbocycles. The van der Waals surface area contributed by atoms with Crippen LogP contribution in [0, 0.1) is 11.7 Å². The van der Waals surface area contributed by atoms with Crippen LogP contribution in [0.2, 0.25) is 10.0 Å². The largest absolute Gasteiger partial charge is 0.442 e. The van der Waals surface area contributed by atoms with Crippen molar-refractivity contribution in [2.45, 2.75) is 29.5 Å². The number of fused-ring (bicyclic) bond motifs is 2. The van der Waals surface area contributed by atoms with Crippen molar-refractivity contribution >= 4 is 46.5 Å². The molecule has 38 heavy (non-hydrogen) atoms. The number of halogens is 9. The Bertz CT molecular complexity index is 1330. The van der Waals surface area contributed by atoms with Crippen LogP contribution in [0.5, 0.6) is 0 Å². The van der Waals surface area contributed by atoms with E-state index in [1.807, 2.05) is 0 Å². The lowest BCUT2D eigenvalue weighted by Crippen LogP contribution is -2.57. The summed E-state index contributed by atoms with van der Waals surface area (Å²) in [5, 5.41) is 5.95. The number of oxime groups is 1. The van der Waals surface area contributed by atoms with Gasteiger partial charge in [-0.2, -0.15) is 26.3 Å². The zero-order valence-corrected chi connectivity index (χ0v) is 21.1. The number of ketones is 1. The van der Waals surface area contributed by atoms with Gasteiger partial charge < -0.3 is 14.9 Å². The molecule has 204 valence electrons. The van der Waals surface area contributed by atoms with Crippen LogP contribution < -0.4 is 5.32 Å². The van der Waals surface area contributed by atoms with E-state index in [4.69, 9.17) is 32.8 Å². The molecule has 2 aromatic carbocycles. The van der Waals surface area contributed by atoms with Crippen LogP contribution >= 0.6 is 35.0 Å². The van der Waals surface area contributed by atoms with Crippen molar-refractivity contribution in [3.8, 4) is 0 Å². The minimum absolute atomic E-state index is 0.114. The average Bonchev–Trinajstić information content (AvgIpc) is 3.39. The van der Waals surface area contributed by atoms with E-state index in [-0.39, 0.29) is 29.2 Å². The van der Waals surface area contributed by atoms with Gasteiger partial charge in [0.25, 0.3) is 0 Å². The number of benzene rings is 2. The molecule has 1 N–H and O–H groups in total. The number of carbonyl (C=O) groups is 1. The highest BCUT2D eigenvalue weighted by Gasteiger charge is 2.56. The van der Waals surface area contributed by atoms with Gasteiger partial charge in [0.15, 0.2) is 11.9 Å². The summed E-state index contributed by atoms with van der Waals surface area (Å²) in [7, 11) is 0. The molecule has 0 aromatic heterocycles. The highest BCUT2D eigenvalue weighted by Crippen LogP contribution is 2.50. The van der Waals surface area contributed by atoms with Crippen LogP contribution in [0.3, 0.4) is 0 Å². The first-order valence-electron chi connectivity index (χ1n) is 10.9. The highest BCUT2D eigenvalue weighted by molar-refractivity contribution is 8.00. The number of thioether (sulfide) groups is 1. The molecule has 0 radical (unpaired) electrons. The van der Waals surface area contributed by atoms with Crippen LogP contribution in [0.4, 0.5) is 30.7 Å². The Kier molecular flexibility index (Phi) is 6.91. The Morgan fingerprint density at radius 3 is 2.42 bits per heavy atom. The Labute approximate surface area is 224 Å². The SMILES string of the molecule is O=C(CSC(F)(F)F)C1OC2(CNC2)c2ccc(C3=NOC(c4cc(Cl)cc(Cl)c4F)C3C(F)(F)F)cc21. The number of rotatable bonds is 5. The normalized spacial score (nSPS) is 24.1. The molecule has 1 saturated heterocycles. The zero-order chi connectivity index (χ0) is 27.6. The van der Waals surface area contributed by atoms with Crippen molar-refractivity contribution in [2.24, 2.45) is 11.1 Å². The van der Waals surface area contributed by atoms with E-state index < -0.39 is 80.8 Å². The second kappa shape index (κ2) is 9.54. The predicted molar refractivity (Wildman–Crippen MR) is 125 cm³/mol. The first-order chi connectivity index (χ1) is 17.7. The van der Waals surface area contributed by atoms with Crippen LogP contribution in [-0.4, -0.2) is 42.0 Å². The number of nitrogens with zero attached hydrogens (tertiary/aromatic N) is 1. The molecule has 5 nitrogen and oxygen atoms in total. The smallest absolute Gasteiger partial charge is 0.386 e. The van der Waals surface area contributed by atoms with Gasteiger partial charge in [-0.3, -0.25) is 4.79 Å². The Morgan fingerprint density at radius 1 is 1.11 bits per heavy atom. The van der Waals surface area contributed by atoms with E-state index in [9.17, 15) is 35.5 Å². The van der Waals surface area contributed by atoms with Crippen molar-refractivity contribution < 1.29 is 45.1 Å². The molecular formula is C23H15Cl2F7N2O3S. The molecule has 3 atom stereocenters. The maximum Gasteiger partial charge on any atom is 0.442 e. The third-order valence-corrected chi connectivity index (χ3v) is 7.75. The number of hydrogen-bond acceptors (Lipinski definition) is 6. The molecule has 3 aliphatic rings. The van der Waals surface area contributed by atoms with Crippen molar-refractivity contribution in [3.63, 3.8) is 0 Å². The van der Waals surface area contributed by atoms with E-state index in [2.05, 4.69) is 10.5 Å². The van der Waals surface area contributed by atoms with Crippen molar-refractivity contribution in [1.29, 1.82) is 0 Å². The fraction of sp³-hybridized carbons (Fsp3) is 0.391. The Morgan fingerprint density at radius 2 is 1.82 bits per heavy atom. The number of carbonyl (C=O) groups excluding carboxylic acids is 1. The van der Waals surface area contributed by atoms with Gasteiger partial charge in [-0.25, -0.2) is 4.39 Å². The van der Waals surface area contributed by atoms with E-state index in [1.54, 1.807) is 0 Å². The maximum atomic E-state index is 14.7. The van der Waals surface area contributed by atoms with Gasteiger partial charge >= 0.3 is 11.7 Å². The van der Waals surface area contributed by atoms with Gasteiger partial charge in [0.05, 0.1) is 10.8 Å². The maximum absolute atomic E-state index is 14.7. The van der Waals surface area contributed by atoms with Crippen LogP contribution in [0.15, 0.2) is 35.5 Å².